The van der Waals surface area contributed by atoms with Crippen molar-refractivity contribution in [2.24, 2.45) is 0 Å². The van der Waals surface area contributed by atoms with Gasteiger partial charge in [-0.15, -0.1) is 0 Å². The number of rotatable bonds is 0. The van der Waals surface area contributed by atoms with Crippen LogP contribution < -0.4 is 0 Å². The molecule has 0 heterocycles. The molecule has 6 heavy (non-hydrogen) atoms. The minimum Gasteiger partial charge on any atom is -0.260 e. The molecule has 0 fully saturated rings. The van der Waals surface area contributed by atoms with Crippen molar-refractivity contribution >= 4 is 21.5 Å². The summed E-state index contributed by atoms with van der Waals surface area (Å²) in [6.45, 7) is 0. The summed E-state index contributed by atoms with van der Waals surface area (Å²) in [6, 6.07) is 0. The van der Waals surface area contributed by atoms with Crippen molar-refractivity contribution in [2.75, 3.05) is 0 Å². The van der Waals surface area contributed by atoms with Gasteiger partial charge in [-0.2, -0.15) is 8.42 Å². The summed E-state index contributed by atoms with van der Waals surface area (Å²) in [5.74, 6) is 0. The Labute approximate surface area is 39.2 Å². The van der Waals surface area contributed by atoms with Crippen LogP contribution in [0.25, 0.3) is 0 Å². The third-order valence-corrected chi connectivity index (χ3v) is 0. The van der Waals surface area contributed by atoms with Crippen molar-refractivity contribution in [3.8, 4) is 0 Å². The van der Waals surface area contributed by atoms with Crippen LogP contribution in [0.1, 0.15) is 0 Å². The fourth-order valence-corrected chi connectivity index (χ4v) is 0. The van der Waals surface area contributed by atoms with Gasteiger partial charge >= 0.3 is 10.5 Å². The van der Waals surface area contributed by atoms with E-state index in [4.69, 9.17) is 13.0 Å². The second-order valence-corrected chi connectivity index (χ2v) is 1.24. The van der Waals surface area contributed by atoms with Crippen LogP contribution in [0, 0.1) is 0 Å². The van der Waals surface area contributed by atoms with Crippen LogP contribution in [0.5, 0.6) is 0 Å². The molecule has 0 aliphatic rings. The molecule has 3 nitrogen and oxygen atoms in total. The molecule has 0 aromatic carbocycles. The maximum absolute atomic E-state index is 10.2. The average Bonchev–Trinajstić information content (AvgIpc) is 0.722. The zero-order chi connectivity index (χ0) is 4.50. The lowest BCUT2D eigenvalue weighted by atomic mass is 15.9. The first kappa shape index (κ1) is 9.41. The predicted molar refractivity (Wildman–Crippen MR) is 24.0 cm³/mol. The van der Waals surface area contributed by atoms with E-state index >= 15 is 0 Å². The van der Waals surface area contributed by atoms with Gasteiger partial charge in [-0.05, 0) is 11.0 Å². The van der Waals surface area contributed by atoms with E-state index in [9.17, 15) is 3.89 Å². The van der Waals surface area contributed by atoms with Crippen molar-refractivity contribution in [3.63, 3.8) is 0 Å². The maximum atomic E-state index is 10.2. The minimum absolute atomic E-state index is 0. The van der Waals surface area contributed by atoms with E-state index in [-0.39, 0.29) is 11.0 Å². The molecule has 0 rings (SSSR count). The summed E-state index contributed by atoms with van der Waals surface area (Å²) in [5.41, 5.74) is 0. The van der Waals surface area contributed by atoms with Gasteiger partial charge < -0.3 is 0 Å². The topological polar surface area (TPSA) is 54.4 Å². The molecule has 0 spiro atoms. The zero-order valence-corrected chi connectivity index (χ0v) is 2.87. The first-order valence-corrected chi connectivity index (χ1v) is 2.01. The van der Waals surface area contributed by atoms with Gasteiger partial charge in [0.2, 0.25) is 0 Å². The summed E-state index contributed by atoms with van der Waals surface area (Å²) in [5, 5.41) is 0. The Morgan fingerprint density at radius 3 is 1.50 bits per heavy atom. The predicted octanol–water partition coefficient (Wildman–Crippen LogP) is -1.69. The zero-order valence-electron chi connectivity index (χ0n) is 2.05. The van der Waals surface area contributed by atoms with E-state index in [2.05, 4.69) is 0 Å². The van der Waals surface area contributed by atoms with Crippen molar-refractivity contribution < 1.29 is 16.9 Å². The lowest BCUT2D eigenvalue weighted by molar-refractivity contribution is 0.435. The number of hydrogen-bond acceptors (Lipinski definition) is 2. The minimum atomic E-state index is -5.17. The molecule has 0 aliphatic heterocycles. The summed E-state index contributed by atoms with van der Waals surface area (Å²) < 4.78 is 34.1. The van der Waals surface area contributed by atoms with Crippen LogP contribution in [0.15, 0.2) is 0 Å². The van der Waals surface area contributed by atoms with E-state index in [0.29, 0.717) is 0 Å². The summed E-state index contributed by atoms with van der Waals surface area (Å²) in [7, 11) is -5.17. The van der Waals surface area contributed by atoms with E-state index in [1.807, 2.05) is 0 Å². The third kappa shape index (κ3) is 11700. The molecule has 40 valence electrons. The molecule has 0 saturated carbocycles. The van der Waals surface area contributed by atoms with E-state index < -0.39 is 10.5 Å². The summed E-state index contributed by atoms with van der Waals surface area (Å²) in [4.78, 5) is 0. The van der Waals surface area contributed by atoms with Gasteiger partial charge in [0.25, 0.3) is 0 Å². The molecule has 0 aromatic heterocycles. The van der Waals surface area contributed by atoms with Gasteiger partial charge in [0.15, 0.2) is 0 Å². The normalized spacial score (nSPS) is 9.67. The molecule has 0 aromatic rings. The van der Waals surface area contributed by atoms with Crippen LogP contribution in [0.3, 0.4) is 0 Å². The molecule has 0 atom stereocenters. The van der Waals surface area contributed by atoms with Gasteiger partial charge in [0.05, 0.1) is 0 Å². The van der Waals surface area contributed by atoms with Crippen molar-refractivity contribution in [1.29, 1.82) is 0 Å². The quantitative estimate of drug-likeness (QED) is 0.243. The van der Waals surface area contributed by atoms with Gasteiger partial charge in [-0.1, -0.05) is 3.89 Å². The average molecular weight is 132 g/mol. The van der Waals surface area contributed by atoms with E-state index in [1.54, 1.807) is 0 Å². The second-order valence-electron chi connectivity index (χ2n) is 0.412. The fourth-order valence-electron chi connectivity index (χ4n) is 0. The van der Waals surface area contributed by atoms with Gasteiger partial charge in [-0.25, -0.2) is 0 Å². The number of hydrogen-bond donors (Lipinski definition) is 1. The monoisotopic (exact) mass is 132 g/mol. The Morgan fingerprint density at radius 2 is 1.50 bits per heavy atom. The summed E-state index contributed by atoms with van der Waals surface area (Å²) >= 11 is 0. The Kier molecular flexibility index (Phi) is 3.56. The largest absolute Gasteiger partial charge is 0.435 e. The standard InChI is InChI=1S/FHO3S.H4Si/c1-5(2,3)4;/h(H,2,3,4);1H4. The van der Waals surface area contributed by atoms with Crippen LogP contribution in [0.4, 0.5) is 3.89 Å². The third-order valence-electron chi connectivity index (χ3n) is 0. The smallest absolute Gasteiger partial charge is 0.260 e. The Balaban J connectivity index is 0. The Morgan fingerprint density at radius 1 is 1.50 bits per heavy atom. The highest BCUT2D eigenvalue weighted by Crippen LogP contribution is 1.74. The molecule has 0 amide bonds. The summed E-state index contributed by atoms with van der Waals surface area (Å²) in [6.07, 6.45) is 0. The molecule has 1 N–H and O–H groups in total. The first-order valence-electron chi connectivity index (χ1n) is 0.670. The van der Waals surface area contributed by atoms with E-state index in [1.165, 1.54) is 0 Å². The lowest BCUT2D eigenvalue weighted by Crippen LogP contribution is -1.80. The fraction of sp³-hybridized carbons (Fsp3) is 0. The van der Waals surface area contributed by atoms with Crippen molar-refractivity contribution in [2.45, 2.75) is 0 Å². The van der Waals surface area contributed by atoms with Crippen LogP contribution in [0.2, 0.25) is 0 Å². The molecule has 6 heteroatoms. The van der Waals surface area contributed by atoms with Gasteiger partial charge in [0, 0.05) is 0 Å². The molecule has 0 bridgehead atoms. The van der Waals surface area contributed by atoms with Gasteiger partial charge in [0.1, 0.15) is 0 Å². The molecule has 0 unspecified atom stereocenters. The maximum Gasteiger partial charge on any atom is 0.435 e. The van der Waals surface area contributed by atoms with Crippen molar-refractivity contribution in [1.82, 2.24) is 0 Å². The highest BCUT2D eigenvalue weighted by Gasteiger charge is 1.89. The molecule has 0 aliphatic carbocycles. The van der Waals surface area contributed by atoms with Crippen LogP contribution in [-0.2, 0) is 10.5 Å². The van der Waals surface area contributed by atoms with Crippen LogP contribution in [-0.4, -0.2) is 23.9 Å². The van der Waals surface area contributed by atoms with E-state index in [0.717, 1.165) is 0 Å². The van der Waals surface area contributed by atoms with Crippen LogP contribution >= 0.6 is 0 Å². The molecule has 0 saturated heterocycles. The lowest BCUT2D eigenvalue weighted by Gasteiger charge is -1.63. The molecular formula is H5FO3SSi. The molecule has 0 radical (unpaired) electrons. The highest BCUT2D eigenvalue weighted by molar-refractivity contribution is 7.80. The highest BCUT2D eigenvalue weighted by atomic mass is 32.3. The Hall–Kier alpha value is 0.0569. The SMILES string of the molecule is O=S(=O)(O)F.[SiH4]. The molecular weight excluding hydrogens is 127 g/mol. The second kappa shape index (κ2) is 2.27. The van der Waals surface area contributed by atoms with Crippen molar-refractivity contribution in [3.05, 3.63) is 0 Å². The first-order chi connectivity index (χ1) is 2.00. The number of halogens is 1. The van der Waals surface area contributed by atoms with Gasteiger partial charge in [-0.3, -0.25) is 4.55 Å². The Bertz CT molecular complexity index is 94.0.